The first-order valence-electron chi connectivity index (χ1n) is 5.61. The van der Waals surface area contributed by atoms with Crippen molar-refractivity contribution in [2.75, 3.05) is 0 Å². The fourth-order valence-corrected chi connectivity index (χ4v) is 3.09. The molecular formula is C13H8FN3OS2. The molecule has 1 amide bonds. The zero-order valence-electron chi connectivity index (χ0n) is 10.0. The van der Waals surface area contributed by atoms with Gasteiger partial charge in [-0.15, -0.1) is 11.3 Å². The minimum absolute atomic E-state index is 0.246. The fraction of sp³-hybridized carbons (Fsp3) is 0. The highest BCUT2D eigenvalue weighted by Gasteiger charge is 2.19. The van der Waals surface area contributed by atoms with Gasteiger partial charge in [0, 0.05) is 10.9 Å². The number of thiazole rings is 1. The van der Waals surface area contributed by atoms with Gasteiger partial charge in [-0.3, -0.25) is 4.79 Å². The lowest BCUT2D eigenvalue weighted by Gasteiger charge is -1.95. The van der Waals surface area contributed by atoms with Crippen molar-refractivity contribution in [2.24, 2.45) is 10.7 Å². The first-order valence-corrected chi connectivity index (χ1v) is 7.31. The average Bonchev–Trinajstić information content (AvgIpc) is 2.98. The molecule has 1 aromatic heterocycles. The van der Waals surface area contributed by atoms with Crippen molar-refractivity contribution < 1.29 is 9.18 Å². The van der Waals surface area contributed by atoms with Crippen molar-refractivity contribution in [3.63, 3.8) is 0 Å². The summed E-state index contributed by atoms with van der Waals surface area (Å²) in [6.45, 7) is 0. The van der Waals surface area contributed by atoms with Gasteiger partial charge in [-0.05, 0) is 42.1 Å². The number of nitrogens with two attached hydrogens (primary N) is 1. The molecule has 2 heterocycles. The molecule has 0 spiro atoms. The van der Waals surface area contributed by atoms with Gasteiger partial charge in [-0.2, -0.15) is 4.99 Å². The lowest BCUT2D eigenvalue weighted by Crippen LogP contribution is -2.01. The van der Waals surface area contributed by atoms with Crippen LogP contribution in [0, 0.1) is 5.82 Å². The van der Waals surface area contributed by atoms with E-state index in [4.69, 9.17) is 5.73 Å². The molecule has 0 atom stereocenters. The van der Waals surface area contributed by atoms with Gasteiger partial charge >= 0.3 is 0 Å². The Kier molecular flexibility index (Phi) is 3.37. The number of aromatic nitrogens is 1. The zero-order chi connectivity index (χ0) is 14.1. The SMILES string of the molecule is NC1=NC(=O)C(=Cc2csc(-c3ccc(F)cc3)n2)S1. The summed E-state index contributed by atoms with van der Waals surface area (Å²) in [6.07, 6.45) is 1.65. The number of hydrogen-bond acceptors (Lipinski definition) is 5. The number of carbonyl (C=O) groups is 1. The quantitative estimate of drug-likeness (QED) is 0.866. The summed E-state index contributed by atoms with van der Waals surface area (Å²) in [4.78, 5) is 20.0. The Morgan fingerprint density at radius 3 is 2.65 bits per heavy atom. The van der Waals surface area contributed by atoms with Crippen LogP contribution in [-0.4, -0.2) is 16.1 Å². The van der Waals surface area contributed by atoms with Crippen molar-refractivity contribution in [1.82, 2.24) is 4.98 Å². The van der Waals surface area contributed by atoms with Crippen molar-refractivity contribution >= 4 is 40.2 Å². The fourth-order valence-electron chi connectivity index (χ4n) is 1.64. The van der Waals surface area contributed by atoms with E-state index in [9.17, 15) is 9.18 Å². The van der Waals surface area contributed by atoms with Gasteiger partial charge in [0.1, 0.15) is 10.8 Å². The molecule has 0 saturated carbocycles. The van der Waals surface area contributed by atoms with Crippen LogP contribution in [0.15, 0.2) is 39.5 Å². The highest BCUT2D eigenvalue weighted by molar-refractivity contribution is 8.18. The molecule has 3 rings (SSSR count). The van der Waals surface area contributed by atoms with Gasteiger partial charge < -0.3 is 5.73 Å². The number of halogens is 1. The van der Waals surface area contributed by atoms with Gasteiger partial charge in [-0.1, -0.05) is 0 Å². The molecule has 1 aliphatic heterocycles. The van der Waals surface area contributed by atoms with Crippen LogP contribution in [0.2, 0.25) is 0 Å². The number of hydrogen-bond donors (Lipinski definition) is 1. The number of amidine groups is 1. The van der Waals surface area contributed by atoms with Crippen molar-refractivity contribution in [2.45, 2.75) is 0 Å². The normalized spacial score (nSPS) is 16.8. The number of carbonyl (C=O) groups excluding carboxylic acids is 1. The Morgan fingerprint density at radius 2 is 2.00 bits per heavy atom. The van der Waals surface area contributed by atoms with E-state index in [0.717, 1.165) is 22.3 Å². The number of aliphatic imine (C=N–C) groups is 1. The van der Waals surface area contributed by atoms with Crippen LogP contribution in [0.25, 0.3) is 16.6 Å². The third-order valence-electron chi connectivity index (χ3n) is 2.53. The summed E-state index contributed by atoms with van der Waals surface area (Å²) in [6, 6.07) is 6.11. The van der Waals surface area contributed by atoms with Crippen molar-refractivity contribution in [1.29, 1.82) is 0 Å². The first-order chi connectivity index (χ1) is 9.61. The largest absolute Gasteiger partial charge is 0.378 e. The monoisotopic (exact) mass is 305 g/mol. The number of nitrogens with zero attached hydrogens (tertiary/aromatic N) is 2. The second-order valence-corrected chi connectivity index (χ2v) is 5.87. The van der Waals surface area contributed by atoms with Crippen LogP contribution in [0.5, 0.6) is 0 Å². The van der Waals surface area contributed by atoms with E-state index in [1.54, 1.807) is 18.2 Å². The molecule has 100 valence electrons. The third-order valence-corrected chi connectivity index (χ3v) is 4.25. The first kappa shape index (κ1) is 13.0. The zero-order valence-corrected chi connectivity index (χ0v) is 11.7. The molecule has 0 fully saturated rings. The summed E-state index contributed by atoms with van der Waals surface area (Å²) in [5.74, 6) is -0.628. The second-order valence-electron chi connectivity index (χ2n) is 3.95. The maximum atomic E-state index is 12.9. The number of thioether (sulfide) groups is 1. The predicted molar refractivity (Wildman–Crippen MR) is 79.7 cm³/mol. The molecule has 7 heteroatoms. The van der Waals surface area contributed by atoms with Crippen LogP contribution in [0.4, 0.5) is 4.39 Å². The van der Waals surface area contributed by atoms with Gasteiger partial charge in [0.15, 0.2) is 5.17 Å². The van der Waals surface area contributed by atoms with Crippen molar-refractivity contribution in [3.05, 3.63) is 46.1 Å². The third kappa shape index (κ3) is 2.63. The number of rotatable bonds is 2. The summed E-state index contributed by atoms with van der Waals surface area (Å²) in [5.41, 5.74) is 6.98. The molecule has 0 aliphatic carbocycles. The highest BCUT2D eigenvalue weighted by atomic mass is 32.2. The van der Waals surface area contributed by atoms with E-state index in [1.165, 1.54) is 23.5 Å². The Balaban J connectivity index is 1.86. The molecule has 2 N–H and O–H groups in total. The van der Waals surface area contributed by atoms with E-state index in [1.807, 2.05) is 5.38 Å². The second kappa shape index (κ2) is 5.18. The average molecular weight is 305 g/mol. The Labute approximate surface area is 122 Å². The molecule has 1 aliphatic rings. The standard InChI is InChI=1S/C13H8FN3OS2/c14-8-3-1-7(2-4-8)12-16-9(6-19-12)5-10-11(18)17-13(15)20-10/h1-6H,(H2,15,17,18). The maximum absolute atomic E-state index is 12.9. The topological polar surface area (TPSA) is 68.3 Å². The maximum Gasteiger partial charge on any atom is 0.286 e. The molecule has 1 aromatic carbocycles. The molecular weight excluding hydrogens is 297 g/mol. The van der Waals surface area contributed by atoms with E-state index in [2.05, 4.69) is 9.98 Å². The van der Waals surface area contributed by atoms with Crippen LogP contribution in [-0.2, 0) is 4.79 Å². The summed E-state index contributed by atoms with van der Waals surface area (Å²) in [7, 11) is 0. The molecule has 0 unspecified atom stereocenters. The lowest BCUT2D eigenvalue weighted by atomic mass is 10.2. The molecule has 0 radical (unpaired) electrons. The minimum Gasteiger partial charge on any atom is -0.378 e. The lowest BCUT2D eigenvalue weighted by molar-refractivity contribution is -0.113. The van der Waals surface area contributed by atoms with Crippen molar-refractivity contribution in [3.8, 4) is 10.6 Å². The molecule has 0 saturated heterocycles. The molecule has 4 nitrogen and oxygen atoms in total. The molecule has 2 aromatic rings. The van der Waals surface area contributed by atoms with Crippen LogP contribution >= 0.6 is 23.1 Å². The van der Waals surface area contributed by atoms with E-state index in [0.29, 0.717) is 10.6 Å². The van der Waals surface area contributed by atoms with Gasteiger partial charge in [0.2, 0.25) is 0 Å². The summed E-state index contributed by atoms with van der Waals surface area (Å²) >= 11 is 2.56. The Bertz CT molecular complexity index is 734. The smallest absolute Gasteiger partial charge is 0.286 e. The van der Waals surface area contributed by atoms with E-state index < -0.39 is 0 Å². The van der Waals surface area contributed by atoms with Crippen LogP contribution in [0.1, 0.15) is 5.69 Å². The number of benzene rings is 1. The summed E-state index contributed by atoms with van der Waals surface area (Å²) < 4.78 is 12.9. The number of amides is 1. The van der Waals surface area contributed by atoms with Crippen LogP contribution in [0.3, 0.4) is 0 Å². The Morgan fingerprint density at radius 1 is 1.25 bits per heavy atom. The molecule has 20 heavy (non-hydrogen) atoms. The van der Waals surface area contributed by atoms with E-state index >= 15 is 0 Å². The van der Waals surface area contributed by atoms with Crippen LogP contribution < -0.4 is 5.73 Å². The van der Waals surface area contributed by atoms with Gasteiger partial charge in [0.25, 0.3) is 5.91 Å². The highest BCUT2D eigenvalue weighted by Crippen LogP contribution is 2.29. The Hall–Kier alpha value is -1.99. The molecule has 0 bridgehead atoms. The minimum atomic E-state index is -0.344. The predicted octanol–water partition coefficient (Wildman–Crippen LogP) is 2.88. The summed E-state index contributed by atoms with van der Waals surface area (Å²) in [5, 5.41) is 2.84. The van der Waals surface area contributed by atoms with E-state index in [-0.39, 0.29) is 16.9 Å². The van der Waals surface area contributed by atoms with Gasteiger partial charge in [0.05, 0.1) is 10.6 Å². The van der Waals surface area contributed by atoms with Gasteiger partial charge in [-0.25, -0.2) is 9.37 Å².